The molecule has 34 heavy (non-hydrogen) atoms. The van der Waals surface area contributed by atoms with Gasteiger partial charge in [-0.05, 0) is 54.0 Å². The molecule has 0 aromatic heterocycles. The third-order valence-corrected chi connectivity index (χ3v) is 6.72. The maximum atomic E-state index is 13.7. The largest absolute Gasteiger partial charge is 0.289 e. The van der Waals surface area contributed by atoms with E-state index in [0.29, 0.717) is 35.1 Å². The molecule has 0 unspecified atom stereocenters. The fraction of sp³-hybridized carbons (Fsp3) is 0.188. The van der Waals surface area contributed by atoms with E-state index >= 15 is 0 Å². The minimum absolute atomic E-state index is 0.0476. The summed E-state index contributed by atoms with van der Waals surface area (Å²) in [6, 6.07) is 28.3. The normalized spacial score (nSPS) is 12.4. The zero-order valence-electron chi connectivity index (χ0n) is 19.7. The Labute approximate surface area is 201 Å². The van der Waals surface area contributed by atoms with Gasteiger partial charge in [0.05, 0.1) is 0 Å². The fourth-order valence-corrected chi connectivity index (χ4v) is 4.91. The van der Waals surface area contributed by atoms with E-state index in [1.54, 1.807) is 12.1 Å². The molecule has 1 aliphatic carbocycles. The van der Waals surface area contributed by atoms with Crippen molar-refractivity contribution in [3.05, 3.63) is 141 Å². The second-order valence-electron chi connectivity index (χ2n) is 9.24. The van der Waals surface area contributed by atoms with Gasteiger partial charge in [-0.2, -0.15) is 0 Å². The van der Waals surface area contributed by atoms with Crippen molar-refractivity contribution in [2.24, 2.45) is 0 Å². The van der Waals surface area contributed by atoms with Crippen LogP contribution in [-0.4, -0.2) is 11.6 Å². The lowest BCUT2D eigenvalue weighted by Crippen LogP contribution is -2.24. The predicted octanol–water partition coefficient (Wildman–Crippen LogP) is 6.90. The van der Waals surface area contributed by atoms with Crippen molar-refractivity contribution in [1.82, 2.24) is 0 Å². The van der Waals surface area contributed by atoms with E-state index in [4.69, 9.17) is 0 Å². The fourth-order valence-electron chi connectivity index (χ4n) is 4.91. The second-order valence-corrected chi connectivity index (χ2v) is 9.24. The smallest absolute Gasteiger partial charge is 0.194 e. The first-order valence-corrected chi connectivity index (χ1v) is 12.0. The van der Waals surface area contributed by atoms with Crippen molar-refractivity contribution < 1.29 is 9.59 Å². The van der Waals surface area contributed by atoms with Crippen LogP contribution < -0.4 is 0 Å². The number of ketones is 2. The van der Waals surface area contributed by atoms with Crippen molar-refractivity contribution in [2.45, 2.75) is 39.5 Å². The molecule has 168 valence electrons. The van der Waals surface area contributed by atoms with E-state index in [2.05, 4.69) is 62.4 Å². The second kappa shape index (κ2) is 9.23. The molecule has 2 nitrogen and oxygen atoms in total. The van der Waals surface area contributed by atoms with Crippen LogP contribution in [0.2, 0.25) is 0 Å². The third kappa shape index (κ3) is 4.12. The van der Waals surface area contributed by atoms with Crippen LogP contribution in [-0.2, 0) is 19.3 Å². The molecule has 0 amide bonds. The van der Waals surface area contributed by atoms with Crippen molar-refractivity contribution in [2.75, 3.05) is 0 Å². The average Bonchev–Trinajstić information content (AvgIpc) is 2.86. The SMILES string of the molecule is CCCc1ccc(Cc2ccc(Cc3ccc(C)cc3)c3c2C(=O)c2ccccc2C3=O)cc1. The molecule has 4 aromatic rings. The molecule has 0 radical (unpaired) electrons. The highest BCUT2D eigenvalue weighted by atomic mass is 16.1. The summed E-state index contributed by atoms with van der Waals surface area (Å²) in [7, 11) is 0. The Morgan fingerprint density at radius 3 is 1.47 bits per heavy atom. The summed E-state index contributed by atoms with van der Waals surface area (Å²) in [4.78, 5) is 27.4. The predicted molar refractivity (Wildman–Crippen MR) is 137 cm³/mol. The Morgan fingerprint density at radius 2 is 1.00 bits per heavy atom. The summed E-state index contributed by atoms with van der Waals surface area (Å²) >= 11 is 0. The highest BCUT2D eigenvalue weighted by Crippen LogP contribution is 2.34. The van der Waals surface area contributed by atoms with E-state index in [1.165, 1.54) is 11.1 Å². The molecule has 0 aliphatic heterocycles. The molecule has 0 saturated carbocycles. The lowest BCUT2D eigenvalue weighted by Gasteiger charge is -2.23. The van der Waals surface area contributed by atoms with Crippen LogP contribution in [0.15, 0.2) is 84.9 Å². The number of hydrogen-bond acceptors (Lipinski definition) is 2. The van der Waals surface area contributed by atoms with Gasteiger partial charge in [-0.3, -0.25) is 9.59 Å². The molecule has 0 bridgehead atoms. The minimum Gasteiger partial charge on any atom is -0.289 e. The average molecular weight is 445 g/mol. The summed E-state index contributed by atoms with van der Waals surface area (Å²) in [5.74, 6) is -0.0963. The van der Waals surface area contributed by atoms with Gasteiger partial charge in [0.15, 0.2) is 11.6 Å². The summed E-state index contributed by atoms with van der Waals surface area (Å²) in [5, 5.41) is 0. The number of benzene rings is 4. The Bertz CT molecular complexity index is 1380. The first-order chi connectivity index (χ1) is 16.5. The Morgan fingerprint density at radius 1 is 0.559 bits per heavy atom. The van der Waals surface area contributed by atoms with Crippen LogP contribution in [0, 0.1) is 6.92 Å². The molecular weight excluding hydrogens is 416 g/mol. The molecular formula is C32H28O2. The molecule has 4 aromatic carbocycles. The first kappa shape index (κ1) is 22.0. The van der Waals surface area contributed by atoms with E-state index in [0.717, 1.165) is 35.1 Å². The first-order valence-electron chi connectivity index (χ1n) is 12.0. The maximum Gasteiger partial charge on any atom is 0.194 e. The number of rotatable bonds is 6. The van der Waals surface area contributed by atoms with Gasteiger partial charge in [-0.25, -0.2) is 0 Å². The van der Waals surface area contributed by atoms with Crippen LogP contribution in [0.1, 0.15) is 78.6 Å². The van der Waals surface area contributed by atoms with E-state index in [9.17, 15) is 9.59 Å². The quantitative estimate of drug-likeness (QED) is 0.285. The van der Waals surface area contributed by atoms with Gasteiger partial charge < -0.3 is 0 Å². The van der Waals surface area contributed by atoms with Crippen LogP contribution in [0.3, 0.4) is 0 Å². The molecule has 2 heteroatoms. The van der Waals surface area contributed by atoms with Gasteiger partial charge >= 0.3 is 0 Å². The zero-order chi connectivity index (χ0) is 23.7. The van der Waals surface area contributed by atoms with Gasteiger partial charge in [0.1, 0.15) is 0 Å². The third-order valence-electron chi connectivity index (χ3n) is 6.72. The maximum absolute atomic E-state index is 13.7. The molecule has 0 heterocycles. The molecule has 0 fully saturated rings. The Kier molecular flexibility index (Phi) is 5.98. The monoisotopic (exact) mass is 444 g/mol. The van der Waals surface area contributed by atoms with Crippen LogP contribution >= 0.6 is 0 Å². The van der Waals surface area contributed by atoms with E-state index in [-0.39, 0.29) is 11.6 Å². The van der Waals surface area contributed by atoms with Gasteiger partial charge in [-0.1, -0.05) is 104 Å². The summed E-state index contributed by atoms with van der Waals surface area (Å²) in [5.41, 5.74) is 8.79. The highest BCUT2D eigenvalue weighted by molar-refractivity contribution is 6.29. The molecule has 1 aliphatic rings. The van der Waals surface area contributed by atoms with Crippen molar-refractivity contribution in [3.8, 4) is 0 Å². The van der Waals surface area contributed by atoms with E-state index < -0.39 is 0 Å². The lowest BCUT2D eigenvalue weighted by molar-refractivity contribution is 0.0977. The molecule has 5 rings (SSSR count). The van der Waals surface area contributed by atoms with Crippen molar-refractivity contribution >= 4 is 11.6 Å². The van der Waals surface area contributed by atoms with Crippen LogP contribution in [0.5, 0.6) is 0 Å². The van der Waals surface area contributed by atoms with Gasteiger partial charge in [0, 0.05) is 22.3 Å². The van der Waals surface area contributed by atoms with Gasteiger partial charge in [-0.15, -0.1) is 0 Å². The lowest BCUT2D eigenvalue weighted by atomic mass is 9.77. The number of carbonyl (C=O) groups is 2. The van der Waals surface area contributed by atoms with Gasteiger partial charge in [0.2, 0.25) is 0 Å². The number of aryl methyl sites for hydroxylation is 2. The topological polar surface area (TPSA) is 34.1 Å². The van der Waals surface area contributed by atoms with E-state index in [1.807, 2.05) is 24.3 Å². The molecule has 0 N–H and O–H groups in total. The minimum atomic E-state index is -0.0487. The number of carbonyl (C=O) groups excluding carboxylic acids is 2. The molecule has 0 saturated heterocycles. The van der Waals surface area contributed by atoms with Gasteiger partial charge in [0.25, 0.3) is 0 Å². The Hall–Kier alpha value is -3.78. The summed E-state index contributed by atoms with van der Waals surface area (Å²) in [6.45, 7) is 4.24. The zero-order valence-corrected chi connectivity index (χ0v) is 19.7. The molecule has 0 spiro atoms. The number of hydrogen-bond donors (Lipinski definition) is 0. The summed E-state index contributed by atoms with van der Waals surface area (Å²) < 4.78 is 0. The standard InChI is InChI=1S/C32H28O2/c1-3-6-22-13-15-24(16-14-22)20-26-18-17-25(19-23-11-9-21(2)10-12-23)29-30(26)32(34)28-8-5-4-7-27(28)31(29)33/h4-5,7-18H,3,6,19-20H2,1-2H3. The highest BCUT2D eigenvalue weighted by Gasteiger charge is 2.33. The van der Waals surface area contributed by atoms with Crippen molar-refractivity contribution in [3.63, 3.8) is 0 Å². The molecule has 0 atom stereocenters. The Balaban J connectivity index is 1.60. The van der Waals surface area contributed by atoms with Crippen LogP contribution in [0.25, 0.3) is 0 Å². The van der Waals surface area contributed by atoms with Crippen molar-refractivity contribution in [1.29, 1.82) is 0 Å². The number of fused-ring (bicyclic) bond motifs is 2. The summed E-state index contributed by atoms with van der Waals surface area (Å²) in [6.07, 6.45) is 3.43. The van der Waals surface area contributed by atoms with Crippen LogP contribution in [0.4, 0.5) is 0 Å².